The molecule has 1 aromatic heterocycles. The second kappa shape index (κ2) is 8.32. The lowest BCUT2D eigenvalue weighted by Gasteiger charge is -2.16. The number of hydrogen-bond acceptors (Lipinski definition) is 4. The predicted molar refractivity (Wildman–Crippen MR) is 108 cm³/mol. The van der Waals surface area contributed by atoms with Crippen LogP contribution in [-0.4, -0.2) is 47.1 Å². The fourth-order valence-corrected chi connectivity index (χ4v) is 3.50. The van der Waals surface area contributed by atoms with E-state index in [0.29, 0.717) is 5.76 Å². The first-order chi connectivity index (χ1) is 14.1. The number of nitrogens with one attached hydrogen (secondary N) is 1. The molecule has 29 heavy (non-hydrogen) atoms. The summed E-state index contributed by atoms with van der Waals surface area (Å²) in [6.07, 6.45) is -0.585. The van der Waals surface area contributed by atoms with E-state index in [0.717, 1.165) is 11.1 Å². The molecule has 6 nitrogen and oxygen atoms in total. The van der Waals surface area contributed by atoms with Crippen LogP contribution in [0.3, 0.4) is 0 Å². The Hall–Kier alpha value is -3.38. The first-order valence-corrected chi connectivity index (χ1v) is 9.56. The van der Waals surface area contributed by atoms with E-state index in [1.807, 2.05) is 60.7 Å². The van der Waals surface area contributed by atoms with Gasteiger partial charge in [0.1, 0.15) is 5.76 Å². The summed E-state index contributed by atoms with van der Waals surface area (Å²) in [5.41, 5.74) is 1.79. The zero-order chi connectivity index (χ0) is 20.2. The highest BCUT2D eigenvalue weighted by atomic mass is 16.4. The molecule has 0 aliphatic carbocycles. The molecule has 2 amide bonds. The van der Waals surface area contributed by atoms with Crippen LogP contribution in [0.4, 0.5) is 0 Å². The Bertz CT molecular complexity index is 984. The molecule has 2 aromatic carbocycles. The molecular formula is C23H22N2O4. The first-order valence-electron chi connectivity index (χ1n) is 9.56. The molecule has 1 aliphatic heterocycles. The maximum Gasteiger partial charge on any atom is 0.289 e. The number of likely N-dealkylation sites (tertiary alicyclic amines) is 1. The van der Waals surface area contributed by atoms with Gasteiger partial charge in [-0.1, -0.05) is 60.7 Å². The number of nitrogens with zero attached hydrogens (tertiary/aromatic N) is 1. The highest BCUT2D eigenvalue weighted by Crippen LogP contribution is 2.23. The Morgan fingerprint density at radius 2 is 1.66 bits per heavy atom. The van der Waals surface area contributed by atoms with Crippen molar-refractivity contribution in [2.75, 3.05) is 13.1 Å². The summed E-state index contributed by atoms with van der Waals surface area (Å²) in [4.78, 5) is 26.6. The molecule has 4 rings (SSSR count). The highest BCUT2D eigenvalue weighted by molar-refractivity contribution is 5.92. The van der Waals surface area contributed by atoms with Crippen molar-refractivity contribution in [1.82, 2.24) is 10.2 Å². The number of aliphatic hydroxyl groups is 1. The Morgan fingerprint density at radius 3 is 2.38 bits per heavy atom. The van der Waals surface area contributed by atoms with Crippen LogP contribution in [0, 0.1) is 0 Å². The summed E-state index contributed by atoms with van der Waals surface area (Å²) in [7, 11) is 0. The minimum atomic E-state index is -0.817. The van der Waals surface area contributed by atoms with Crippen molar-refractivity contribution in [3.8, 4) is 11.3 Å². The van der Waals surface area contributed by atoms with Crippen LogP contribution in [0.25, 0.3) is 11.3 Å². The van der Waals surface area contributed by atoms with Crippen LogP contribution in [0.2, 0.25) is 0 Å². The molecule has 6 heteroatoms. The standard InChI is InChI=1S/C23H22N2O4/c26-19-15-25(14-18(19)24-22(27)13-16-7-3-1-4-8-16)23(28)21-12-11-20(29-21)17-9-5-2-6-10-17/h1-12,18-19,26H,13-15H2,(H,24,27)/t18-,19-/m1/s1. The molecule has 1 aliphatic rings. The average Bonchev–Trinajstić information content (AvgIpc) is 3.36. The lowest BCUT2D eigenvalue weighted by Crippen LogP contribution is -2.43. The van der Waals surface area contributed by atoms with E-state index in [9.17, 15) is 14.7 Å². The third kappa shape index (κ3) is 4.38. The number of amides is 2. The number of benzene rings is 2. The van der Waals surface area contributed by atoms with Gasteiger partial charge < -0.3 is 19.7 Å². The topological polar surface area (TPSA) is 82.8 Å². The molecule has 148 valence electrons. The van der Waals surface area contributed by atoms with Crippen molar-refractivity contribution in [2.45, 2.75) is 18.6 Å². The van der Waals surface area contributed by atoms with Crippen LogP contribution in [0.15, 0.2) is 77.2 Å². The summed E-state index contributed by atoms with van der Waals surface area (Å²) in [5.74, 6) is 0.346. The second-order valence-corrected chi connectivity index (χ2v) is 7.14. The molecule has 3 aromatic rings. The monoisotopic (exact) mass is 390 g/mol. The molecule has 0 bridgehead atoms. The van der Waals surface area contributed by atoms with Gasteiger partial charge in [0.2, 0.25) is 5.91 Å². The van der Waals surface area contributed by atoms with Crippen molar-refractivity contribution in [2.24, 2.45) is 0 Å². The van der Waals surface area contributed by atoms with Crippen LogP contribution >= 0.6 is 0 Å². The molecule has 1 saturated heterocycles. The molecule has 1 fully saturated rings. The highest BCUT2D eigenvalue weighted by Gasteiger charge is 2.36. The Labute approximate surface area is 168 Å². The van der Waals surface area contributed by atoms with E-state index in [1.165, 1.54) is 4.90 Å². The quantitative estimate of drug-likeness (QED) is 0.701. The van der Waals surface area contributed by atoms with Crippen molar-refractivity contribution in [3.05, 3.63) is 84.1 Å². The largest absolute Gasteiger partial charge is 0.451 e. The number of rotatable bonds is 5. The van der Waals surface area contributed by atoms with Crippen molar-refractivity contribution in [1.29, 1.82) is 0 Å². The Balaban J connectivity index is 1.37. The Morgan fingerprint density at radius 1 is 0.966 bits per heavy atom. The van der Waals surface area contributed by atoms with Crippen LogP contribution < -0.4 is 5.32 Å². The van der Waals surface area contributed by atoms with Gasteiger partial charge in [0, 0.05) is 18.7 Å². The molecule has 0 saturated carbocycles. The zero-order valence-electron chi connectivity index (χ0n) is 15.8. The Kier molecular flexibility index (Phi) is 5.44. The SMILES string of the molecule is O=C(Cc1ccccc1)N[C@@H]1CN(C(=O)c2ccc(-c3ccccc3)o2)C[C@H]1O. The fourth-order valence-electron chi connectivity index (χ4n) is 3.50. The maximum atomic E-state index is 12.8. The van der Waals surface area contributed by atoms with E-state index in [2.05, 4.69) is 5.32 Å². The number of β-amino-alcohol motifs (C(OH)–C–C–N with tert-alkyl or cyclic N) is 1. The minimum Gasteiger partial charge on any atom is -0.451 e. The van der Waals surface area contributed by atoms with Gasteiger partial charge in [-0.05, 0) is 17.7 Å². The number of hydrogen-bond donors (Lipinski definition) is 2. The number of carbonyl (C=O) groups is 2. The van der Waals surface area contributed by atoms with E-state index in [-0.39, 0.29) is 37.1 Å². The average molecular weight is 390 g/mol. The molecular weight excluding hydrogens is 368 g/mol. The number of furan rings is 1. The van der Waals surface area contributed by atoms with Gasteiger partial charge in [-0.2, -0.15) is 0 Å². The third-order valence-corrected chi connectivity index (χ3v) is 5.01. The van der Waals surface area contributed by atoms with Crippen LogP contribution in [-0.2, 0) is 11.2 Å². The van der Waals surface area contributed by atoms with Crippen LogP contribution in [0.5, 0.6) is 0 Å². The summed E-state index contributed by atoms with van der Waals surface area (Å²) in [6.45, 7) is 0.387. The van der Waals surface area contributed by atoms with Crippen molar-refractivity contribution in [3.63, 3.8) is 0 Å². The van der Waals surface area contributed by atoms with E-state index in [1.54, 1.807) is 12.1 Å². The summed E-state index contributed by atoms with van der Waals surface area (Å²) in [6, 6.07) is 21.8. The van der Waals surface area contributed by atoms with E-state index >= 15 is 0 Å². The van der Waals surface area contributed by atoms with E-state index < -0.39 is 12.1 Å². The molecule has 0 unspecified atom stereocenters. The molecule has 0 spiro atoms. The van der Waals surface area contributed by atoms with Gasteiger partial charge in [-0.25, -0.2) is 0 Å². The zero-order valence-corrected chi connectivity index (χ0v) is 15.8. The molecule has 0 radical (unpaired) electrons. The smallest absolute Gasteiger partial charge is 0.289 e. The lowest BCUT2D eigenvalue weighted by atomic mass is 10.1. The fraction of sp³-hybridized carbons (Fsp3) is 0.217. The predicted octanol–water partition coefficient (Wildman–Crippen LogP) is 2.49. The molecule has 2 heterocycles. The maximum absolute atomic E-state index is 12.8. The minimum absolute atomic E-state index is 0.149. The lowest BCUT2D eigenvalue weighted by molar-refractivity contribution is -0.121. The van der Waals surface area contributed by atoms with Crippen molar-refractivity contribution < 1.29 is 19.1 Å². The molecule has 2 atom stereocenters. The third-order valence-electron chi connectivity index (χ3n) is 5.01. The van der Waals surface area contributed by atoms with Gasteiger partial charge in [-0.3, -0.25) is 9.59 Å². The summed E-state index contributed by atoms with van der Waals surface area (Å²) in [5, 5.41) is 13.1. The van der Waals surface area contributed by atoms with Gasteiger partial charge >= 0.3 is 0 Å². The number of carbonyl (C=O) groups excluding carboxylic acids is 2. The summed E-state index contributed by atoms with van der Waals surface area (Å²) >= 11 is 0. The van der Waals surface area contributed by atoms with Gasteiger partial charge in [-0.15, -0.1) is 0 Å². The van der Waals surface area contributed by atoms with Gasteiger partial charge in [0.15, 0.2) is 5.76 Å². The van der Waals surface area contributed by atoms with Crippen molar-refractivity contribution >= 4 is 11.8 Å². The first kappa shape index (κ1) is 19.0. The van der Waals surface area contributed by atoms with E-state index in [4.69, 9.17) is 4.42 Å². The molecule has 2 N–H and O–H groups in total. The van der Waals surface area contributed by atoms with Crippen LogP contribution in [0.1, 0.15) is 16.1 Å². The second-order valence-electron chi connectivity index (χ2n) is 7.14. The normalized spacial score (nSPS) is 18.6. The number of aliphatic hydroxyl groups excluding tert-OH is 1. The van der Waals surface area contributed by atoms with Gasteiger partial charge in [0.25, 0.3) is 5.91 Å². The van der Waals surface area contributed by atoms with Gasteiger partial charge in [0.05, 0.1) is 18.6 Å². The summed E-state index contributed by atoms with van der Waals surface area (Å²) < 4.78 is 5.71.